The Hall–Kier alpha value is -3.15. The van der Waals surface area contributed by atoms with Crippen LogP contribution >= 0.6 is 0 Å². The van der Waals surface area contributed by atoms with Crippen LogP contribution in [0.1, 0.15) is 34.8 Å². The molecule has 1 aromatic heterocycles. The molecule has 0 spiro atoms. The van der Waals surface area contributed by atoms with Gasteiger partial charge >= 0.3 is 5.97 Å². The van der Waals surface area contributed by atoms with Crippen LogP contribution in [0.3, 0.4) is 0 Å². The Morgan fingerprint density at radius 1 is 1.17 bits per heavy atom. The summed E-state index contributed by atoms with van der Waals surface area (Å²) in [4.78, 5) is 12.1. The average Bonchev–Trinajstić information content (AvgIpc) is 3.08. The molecule has 3 aromatic rings. The van der Waals surface area contributed by atoms with Gasteiger partial charge in [0.1, 0.15) is 5.75 Å². The van der Waals surface area contributed by atoms with E-state index in [4.69, 9.17) is 9.15 Å². The molecule has 0 amide bonds. The average molecular weight is 324 g/mol. The molecular weight excluding hydrogens is 308 g/mol. The molecule has 0 aliphatic heterocycles. The van der Waals surface area contributed by atoms with E-state index in [-0.39, 0.29) is 17.2 Å². The largest absolute Gasteiger partial charge is 0.508 e. The zero-order valence-corrected chi connectivity index (χ0v) is 13.3. The molecule has 122 valence electrons. The van der Waals surface area contributed by atoms with Crippen molar-refractivity contribution in [1.29, 1.82) is 0 Å². The van der Waals surface area contributed by atoms with Crippen molar-refractivity contribution in [1.82, 2.24) is 10.2 Å². The normalized spacial score (nSPS) is 11.9. The van der Waals surface area contributed by atoms with E-state index in [0.717, 1.165) is 5.56 Å². The Bertz CT molecular complexity index is 858. The lowest BCUT2D eigenvalue weighted by atomic mass is 10.1. The number of hydrogen-bond donors (Lipinski definition) is 1. The molecule has 0 fully saturated rings. The maximum absolute atomic E-state index is 12.1. The van der Waals surface area contributed by atoms with Gasteiger partial charge in [-0.25, -0.2) is 4.79 Å². The van der Waals surface area contributed by atoms with Gasteiger partial charge in [-0.2, -0.15) is 0 Å². The van der Waals surface area contributed by atoms with Crippen LogP contribution in [0.25, 0.3) is 11.5 Å². The quantitative estimate of drug-likeness (QED) is 0.737. The molecule has 0 radical (unpaired) electrons. The summed E-state index contributed by atoms with van der Waals surface area (Å²) in [6, 6.07) is 13.9. The fourth-order valence-electron chi connectivity index (χ4n) is 2.11. The number of ether oxygens (including phenoxy) is 1. The number of benzene rings is 2. The van der Waals surface area contributed by atoms with E-state index in [9.17, 15) is 9.90 Å². The number of aromatic nitrogens is 2. The van der Waals surface area contributed by atoms with Gasteiger partial charge in [0.05, 0.1) is 5.56 Å². The zero-order chi connectivity index (χ0) is 17.1. The molecule has 0 aliphatic carbocycles. The zero-order valence-electron chi connectivity index (χ0n) is 13.3. The van der Waals surface area contributed by atoms with Crippen LogP contribution in [0.4, 0.5) is 0 Å². The Morgan fingerprint density at radius 2 is 1.92 bits per heavy atom. The molecule has 1 atom stereocenters. The molecule has 6 nitrogen and oxygen atoms in total. The smallest absolute Gasteiger partial charge is 0.339 e. The van der Waals surface area contributed by atoms with Gasteiger partial charge in [0.2, 0.25) is 5.89 Å². The van der Waals surface area contributed by atoms with E-state index in [1.807, 2.05) is 30.3 Å². The van der Waals surface area contributed by atoms with Gasteiger partial charge in [0.15, 0.2) is 6.10 Å². The van der Waals surface area contributed by atoms with Crippen molar-refractivity contribution < 1.29 is 19.1 Å². The van der Waals surface area contributed by atoms with Crippen LogP contribution in [-0.4, -0.2) is 21.3 Å². The fraction of sp³-hybridized carbons (Fsp3) is 0.167. The molecule has 6 heteroatoms. The first-order valence-electron chi connectivity index (χ1n) is 7.44. The lowest BCUT2D eigenvalue weighted by Gasteiger charge is -2.10. The first-order valence-corrected chi connectivity index (χ1v) is 7.44. The highest BCUT2D eigenvalue weighted by Gasteiger charge is 2.20. The third kappa shape index (κ3) is 3.27. The maximum atomic E-state index is 12.1. The van der Waals surface area contributed by atoms with Crippen molar-refractivity contribution in [2.24, 2.45) is 0 Å². The lowest BCUT2D eigenvalue weighted by molar-refractivity contribution is 0.0279. The number of phenolic OH excluding ortho intramolecular Hbond substituents is 1. The number of rotatable bonds is 4. The summed E-state index contributed by atoms with van der Waals surface area (Å²) < 4.78 is 10.9. The van der Waals surface area contributed by atoms with Crippen LogP contribution in [0.2, 0.25) is 0 Å². The molecular formula is C18H16N2O4. The second-order valence-corrected chi connectivity index (χ2v) is 5.36. The maximum Gasteiger partial charge on any atom is 0.339 e. The first kappa shape index (κ1) is 15.7. The number of nitrogens with zero attached hydrogens (tertiary/aromatic N) is 2. The van der Waals surface area contributed by atoms with Gasteiger partial charge in [-0.05, 0) is 43.7 Å². The number of phenols is 1. The Morgan fingerprint density at radius 3 is 2.62 bits per heavy atom. The fourth-order valence-corrected chi connectivity index (χ4v) is 2.11. The van der Waals surface area contributed by atoms with E-state index < -0.39 is 12.1 Å². The minimum absolute atomic E-state index is 0.0428. The minimum atomic E-state index is -0.703. The van der Waals surface area contributed by atoms with E-state index in [0.29, 0.717) is 11.5 Å². The first-order chi connectivity index (χ1) is 11.5. The molecule has 24 heavy (non-hydrogen) atoms. The molecule has 2 aromatic carbocycles. The predicted molar refractivity (Wildman–Crippen MR) is 86.4 cm³/mol. The molecule has 1 N–H and O–H groups in total. The van der Waals surface area contributed by atoms with Crippen molar-refractivity contribution >= 4 is 5.97 Å². The third-order valence-corrected chi connectivity index (χ3v) is 3.54. The molecule has 0 bridgehead atoms. The monoisotopic (exact) mass is 324 g/mol. The molecule has 0 saturated carbocycles. The van der Waals surface area contributed by atoms with E-state index in [2.05, 4.69) is 10.2 Å². The Balaban J connectivity index is 1.73. The summed E-state index contributed by atoms with van der Waals surface area (Å²) in [5.41, 5.74) is 1.73. The molecule has 0 saturated heterocycles. The van der Waals surface area contributed by atoms with Crippen LogP contribution in [0.5, 0.6) is 5.75 Å². The lowest BCUT2D eigenvalue weighted by Crippen LogP contribution is -2.09. The summed E-state index contributed by atoms with van der Waals surface area (Å²) in [5, 5.41) is 17.6. The van der Waals surface area contributed by atoms with Crippen molar-refractivity contribution in [2.75, 3.05) is 0 Å². The van der Waals surface area contributed by atoms with Crippen molar-refractivity contribution in [3.63, 3.8) is 0 Å². The van der Waals surface area contributed by atoms with E-state index >= 15 is 0 Å². The number of carbonyl (C=O) groups is 1. The Labute approximate surface area is 138 Å². The number of hydrogen-bond acceptors (Lipinski definition) is 6. The van der Waals surface area contributed by atoms with Crippen molar-refractivity contribution in [3.05, 3.63) is 65.5 Å². The van der Waals surface area contributed by atoms with Gasteiger partial charge in [-0.1, -0.05) is 24.3 Å². The SMILES string of the molecule is Cc1ccc(C(=O)OC(C)c2nnc(-c3ccccc3)o2)cc1O. The third-order valence-electron chi connectivity index (χ3n) is 3.54. The van der Waals surface area contributed by atoms with Gasteiger partial charge in [-0.15, -0.1) is 10.2 Å². The molecule has 0 aliphatic rings. The number of aromatic hydroxyl groups is 1. The van der Waals surface area contributed by atoms with Crippen molar-refractivity contribution in [3.8, 4) is 17.2 Å². The molecule has 3 rings (SSSR count). The number of aryl methyl sites for hydroxylation is 1. The van der Waals surface area contributed by atoms with Gasteiger partial charge < -0.3 is 14.3 Å². The Kier molecular flexibility index (Phi) is 4.29. The predicted octanol–water partition coefficient (Wildman–Crippen LogP) is 3.67. The van der Waals surface area contributed by atoms with Gasteiger partial charge in [0.25, 0.3) is 5.89 Å². The number of carbonyl (C=O) groups excluding carboxylic acids is 1. The summed E-state index contributed by atoms with van der Waals surface area (Å²) in [5.74, 6) is 0.0403. The van der Waals surface area contributed by atoms with E-state index in [1.165, 1.54) is 6.07 Å². The molecule has 1 unspecified atom stereocenters. The molecule has 1 heterocycles. The van der Waals surface area contributed by atoms with Crippen LogP contribution in [0, 0.1) is 6.92 Å². The number of esters is 1. The van der Waals surface area contributed by atoms with E-state index in [1.54, 1.807) is 26.0 Å². The second-order valence-electron chi connectivity index (χ2n) is 5.36. The summed E-state index contributed by atoms with van der Waals surface area (Å²) in [6.45, 7) is 3.39. The van der Waals surface area contributed by atoms with Crippen LogP contribution < -0.4 is 0 Å². The summed E-state index contributed by atoms with van der Waals surface area (Å²) >= 11 is 0. The second kappa shape index (κ2) is 6.54. The van der Waals surface area contributed by atoms with Crippen molar-refractivity contribution in [2.45, 2.75) is 20.0 Å². The summed E-state index contributed by atoms with van der Waals surface area (Å²) in [7, 11) is 0. The highest BCUT2D eigenvalue weighted by molar-refractivity contribution is 5.90. The minimum Gasteiger partial charge on any atom is -0.508 e. The van der Waals surface area contributed by atoms with Gasteiger partial charge in [-0.3, -0.25) is 0 Å². The summed E-state index contributed by atoms with van der Waals surface area (Å²) in [6.07, 6.45) is -0.703. The highest BCUT2D eigenvalue weighted by Crippen LogP contribution is 2.24. The van der Waals surface area contributed by atoms with Gasteiger partial charge in [0, 0.05) is 5.56 Å². The van der Waals surface area contributed by atoms with Crippen LogP contribution in [0.15, 0.2) is 52.9 Å². The topological polar surface area (TPSA) is 85.5 Å². The standard InChI is InChI=1S/C18H16N2O4/c1-11-8-9-14(10-15(11)21)18(22)23-12(2)16-19-20-17(24-16)13-6-4-3-5-7-13/h3-10,12,21H,1-2H3. The highest BCUT2D eigenvalue weighted by atomic mass is 16.6. The van der Waals surface area contributed by atoms with Crippen LogP contribution in [-0.2, 0) is 4.74 Å².